The summed E-state index contributed by atoms with van der Waals surface area (Å²) in [5.74, 6) is 0. The molecule has 0 amide bonds. The van der Waals surface area contributed by atoms with Gasteiger partial charge in [0.15, 0.2) is 0 Å². The highest BCUT2D eigenvalue weighted by Gasteiger charge is 2.24. The second-order valence-electron chi connectivity index (χ2n) is 5.08. The number of ether oxygens (including phenoxy) is 1. The number of rotatable bonds is 5. The highest BCUT2D eigenvalue weighted by molar-refractivity contribution is 4.84. The average Bonchev–Trinajstić information content (AvgIpc) is 2.20. The largest absolute Gasteiger partial charge is 0.385 e. The number of nitrogens with two attached hydrogens (primary N) is 1. The molecular formula is C13H27NO. The summed E-state index contributed by atoms with van der Waals surface area (Å²) in [6, 6.07) is 0. The van der Waals surface area contributed by atoms with E-state index in [9.17, 15) is 0 Å². The van der Waals surface area contributed by atoms with Crippen LogP contribution in [0.25, 0.3) is 0 Å². The molecule has 2 N–H and O–H groups in total. The van der Waals surface area contributed by atoms with Crippen molar-refractivity contribution in [2.75, 3.05) is 13.7 Å². The van der Waals surface area contributed by atoms with Crippen molar-refractivity contribution in [1.29, 1.82) is 0 Å². The molecule has 0 bridgehead atoms. The van der Waals surface area contributed by atoms with Crippen molar-refractivity contribution in [2.45, 2.75) is 69.7 Å². The molecule has 2 nitrogen and oxygen atoms in total. The van der Waals surface area contributed by atoms with Crippen LogP contribution in [0.15, 0.2) is 0 Å². The molecule has 0 radical (unpaired) electrons. The lowest BCUT2D eigenvalue weighted by Gasteiger charge is -2.31. The van der Waals surface area contributed by atoms with Gasteiger partial charge in [-0.25, -0.2) is 0 Å². The van der Waals surface area contributed by atoms with Crippen molar-refractivity contribution < 1.29 is 4.74 Å². The van der Waals surface area contributed by atoms with E-state index < -0.39 is 0 Å². The fraction of sp³-hybridized carbons (Fsp3) is 1.00. The van der Waals surface area contributed by atoms with Crippen molar-refractivity contribution in [3.05, 3.63) is 0 Å². The van der Waals surface area contributed by atoms with Gasteiger partial charge in [-0.2, -0.15) is 0 Å². The summed E-state index contributed by atoms with van der Waals surface area (Å²) < 4.78 is 5.07. The summed E-state index contributed by atoms with van der Waals surface area (Å²) in [4.78, 5) is 0. The van der Waals surface area contributed by atoms with Crippen LogP contribution in [0.3, 0.4) is 0 Å². The summed E-state index contributed by atoms with van der Waals surface area (Å²) in [5, 5.41) is 0. The van der Waals surface area contributed by atoms with Crippen LogP contribution in [-0.4, -0.2) is 19.3 Å². The summed E-state index contributed by atoms with van der Waals surface area (Å²) >= 11 is 0. The predicted octanol–water partition coefficient (Wildman–Crippen LogP) is 3.24. The summed E-state index contributed by atoms with van der Waals surface area (Å²) in [5.41, 5.74) is 6.62. The second-order valence-corrected chi connectivity index (χ2v) is 5.08. The summed E-state index contributed by atoms with van der Waals surface area (Å²) in [7, 11) is 1.77. The first kappa shape index (κ1) is 13.0. The quantitative estimate of drug-likeness (QED) is 0.712. The van der Waals surface area contributed by atoms with Crippen LogP contribution in [-0.2, 0) is 4.74 Å². The van der Waals surface area contributed by atoms with E-state index in [0.717, 1.165) is 13.0 Å². The van der Waals surface area contributed by atoms with Crippen molar-refractivity contribution in [2.24, 2.45) is 5.73 Å². The molecule has 1 aliphatic rings. The van der Waals surface area contributed by atoms with Crippen molar-refractivity contribution in [3.8, 4) is 0 Å². The molecule has 0 heterocycles. The SMILES string of the molecule is COCCCCC1(N)CCCCCCC1. The van der Waals surface area contributed by atoms with Crippen molar-refractivity contribution in [3.63, 3.8) is 0 Å². The zero-order valence-electron chi connectivity index (χ0n) is 10.3. The fourth-order valence-electron chi connectivity index (χ4n) is 2.58. The Morgan fingerprint density at radius 1 is 1.00 bits per heavy atom. The zero-order valence-corrected chi connectivity index (χ0v) is 10.3. The molecule has 0 unspecified atom stereocenters. The number of hydrogen-bond acceptors (Lipinski definition) is 2. The Labute approximate surface area is 94.6 Å². The monoisotopic (exact) mass is 213 g/mol. The van der Waals surface area contributed by atoms with E-state index in [-0.39, 0.29) is 5.54 Å². The van der Waals surface area contributed by atoms with Gasteiger partial charge in [0.25, 0.3) is 0 Å². The molecule has 0 spiro atoms. The molecule has 1 rings (SSSR count). The lowest BCUT2D eigenvalue weighted by Crippen LogP contribution is -2.40. The molecule has 0 aromatic carbocycles. The van der Waals surface area contributed by atoms with E-state index in [2.05, 4.69) is 0 Å². The Morgan fingerprint density at radius 2 is 1.60 bits per heavy atom. The van der Waals surface area contributed by atoms with Crippen molar-refractivity contribution >= 4 is 0 Å². The molecule has 1 aliphatic carbocycles. The number of hydrogen-bond donors (Lipinski definition) is 1. The molecule has 0 saturated heterocycles. The summed E-state index contributed by atoms with van der Waals surface area (Å²) in [6.07, 6.45) is 12.9. The Hall–Kier alpha value is -0.0800. The molecule has 90 valence electrons. The number of unbranched alkanes of at least 4 members (excludes halogenated alkanes) is 1. The minimum absolute atomic E-state index is 0.147. The van der Waals surface area contributed by atoms with Crippen LogP contribution in [0.2, 0.25) is 0 Å². The fourth-order valence-corrected chi connectivity index (χ4v) is 2.58. The van der Waals surface area contributed by atoms with Gasteiger partial charge in [-0.1, -0.05) is 32.1 Å². The normalized spacial score (nSPS) is 22.0. The lowest BCUT2D eigenvalue weighted by atomic mass is 9.81. The van der Waals surface area contributed by atoms with Crippen LogP contribution in [0.4, 0.5) is 0 Å². The maximum absolute atomic E-state index is 6.47. The van der Waals surface area contributed by atoms with Crippen LogP contribution >= 0.6 is 0 Å². The second kappa shape index (κ2) is 7.24. The van der Waals surface area contributed by atoms with Crippen molar-refractivity contribution in [1.82, 2.24) is 0 Å². The molecule has 0 atom stereocenters. The molecule has 1 fully saturated rings. The minimum Gasteiger partial charge on any atom is -0.385 e. The Morgan fingerprint density at radius 3 is 2.20 bits per heavy atom. The third-order valence-electron chi connectivity index (χ3n) is 3.62. The minimum atomic E-state index is 0.147. The molecule has 15 heavy (non-hydrogen) atoms. The Bertz CT molecular complexity index is 151. The highest BCUT2D eigenvalue weighted by atomic mass is 16.5. The average molecular weight is 213 g/mol. The van der Waals surface area contributed by atoms with E-state index in [1.54, 1.807) is 7.11 Å². The topological polar surface area (TPSA) is 35.2 Å². The maximum Gasteiger partial charge on any atom is 0.0462 e. The van der Waals surface area contributed by atoms with Crippen LogP contribution in [0.5, 0.6) is 0 Å². The van der Waals surface area contributed by atoms with E-state index in [0.29, 0.717) is 0 Å². The van der Waals surface area contributed by atoms with Gasteiger partial charge in [0.05, 0.1) is 0 Å². The standard InChI is InChI=1S/C13H27NO/c1-15-12-8-7-11-13(14)9-5-3-2-4-6-10-13/h2-12,14H2,1H3. The molecule has 0 aromatic rings. The van der Waals surface area contributed by atoms with Crippen LogP contribution in [0.1, 0.15) is 64.2 Å². The van der Waals surface area contributed by atoms with E-state index in [1.807, 2.05) is 0 Å². The number of methoxy groups -OCH3 is 1. The first-order chi connectivity index (χ1) is 7.27. The smallest absolute Gasteiger partial charge is 0.0462 e. The Kier molecular flexibility index (Phi) is 6.26. The molecule has 0 aliphatic heterocycles. The van der Waals surface area contributed by atoms with Gasteiger partial charge in [0.1, 0.15) is 0 Å². The predicted molar refractivity (Wildman–Crippen MR) is 65.0 cm³/mol. The van der Waals surface area contributed by atoms with E-state index >= 15 is 0 Å². The van der Waals surface area contributed by atoms with Crippen LogP contribution < -0.4 is 5.73 Å². The molecular weight excluding hydrogens is 186 g/mol. The van der Waals surface area contributed by atoms with Gasteiger partial charge in [-0.3, -0.25) is 0 Å². The lowest BCUT2D eigenvalue weighted by molar-refractivity contribution is 0.186. The van der Waals surface area contributed by atoms with Gasteiger partial charge in [-0.05, 0) is 32.1 Å². The third kappa shape index (κ3) is 5.53. The molecule has 0 aromatic heterocycles. The van der Waals surface area contributed by atoms with Gasteiger partial charge >= 0.3 is 0 Å². The maximum atomic E-state index is 6.47. The van der Waals surface area contributed by atoms with Gasteiger partial charge in [-0.15, -0.1) is 0 Å². The summed E-state index contributed by atoms with van der Waals surface area (Å²) in [6.45, 7) is 0.885. The van der Waals surface area contributed by atoms with Crippen LogP contribution in [0, 0.1) is 0 Å². The molecule has 1 saturated carbocycles. The van der Waals surface area contributed by atoms with Gasteiger partial charge < -0.3 is 10.5 Å². The van der Waals surface area contributed by atoms with E-state index in [1.165, 1.54) is 57.8 Å². The third-order valence-corrected chi connectivity index (χ3v) is 3.62. The molecule has 2 heteroatoms. The highest BCUT2D eigenvalue weighted by Crippen LogP contribution is 2.28. The first-order valence-corrected chi connectivity index (χ1v) is 6.55. The Balaban J connectivity index is 2.21. The van der Waals surface area contributed by atoms with Gasteiger partial charge in [0, 0.05) is 19.3 Å². The van der Waals surface area contributed by atoms with E-state index in [4.69, 9.17) is 10.5 Å². The zero-order chi connectivity index (χ0) is 11.0. The first-order valence-electron chi connectivity index (χ1n) is 6.55. The van der Waals surface area contributed by atoms with Gasteiger partial charge in [0.2, 0.25) is 0 Å².